The minimum absolute atomic E-state index is 0.00447. The van der Waals surface area contributed by atoms with E-state index < -0.39 is 0 Å². The van der Waals surface area contributed by atoms with Gasteiger partial charge in [-0.3, -0.25) is 0 Å². The number of para-hydroxylation sites is 5. The van der Waals surface area contributed by atoms with Crippen LogP contribution >= 0.6 is 0 Å². The standard InChI is InChI=1S/C56H35B2NO4/c1-32-24-37(34-28-49-53-50(29-34)61-46-21-11-7-17-42(46)57(53)41-16-6-10-20-45(41)60-49)55-39(26-32)40-27-33(2)25-38(56(40)59(55)36-14-4-3-5-15-36)35-30-51-54-52(31-35)63-48-23-13-9-19-44(48)58(54)43-18-8-12-22-47(43)62-51/h3-31H,1-2H3. The van der Waals surface area contributed by atoms with Crippen molar-refractivity contribution in [3.8, 4) is 73.9 Å². The predicted molar refractivity (Wildman–Crippen MR) is 257 cm³/mol. The molecular formula is C56H35B2NO4. The highest BCUT2D eigenvalue weighted by atomic mass is 16.5. The van der Waals surface area contributed by atoms with Crippen LogP contribution < -0.4 is 51.7 Å². The van der Waals surface area contributed by atoms with Gasteiger partial charge in [0.15, 0.2) is 0 Å². The van der Waals surface area contributed by atoms with Crippen molar-refractivity contribution in [1.29, 1.82) is 0 Å². The number of hydrogen-bond donors (Lipinski definition) is 0. The number of aromatic nitrogens is 1. The molecule has 7 heteroatoms. The Morgan fingerprint density at radius 3 is 1.05 bits per heavy atom. The summed E-state index contributed by atoms with van der Waals surface area (Å²) < 4.78 is 29.7. The average molecular weight is 808 g/mol. The summed E-state index contributed by atoms with van der Waals surface area (Å²) in [7, 11) is 0. The Kier molecular flexibility index (Phi) is 7.08. The SMILES string of the molecule is Cc1cc(-c2cc3c4c(c2)Oc2ccccc2B4c2ccccc2O3)c2c(c1)c1cc(C)cc(-c3cc4c5c(c3)Oc3ccccc3B5c3ccccc3O4)c1n2-c1ccccc1. The normalized spacial score (nSPS) is 13.4. The lowest BCUT2D eigenvalue weighted by Gasteiger charge is -2.33. The smallest absolute Gasteiger partial charge is 0.260 e. The van der Waals surface area contributed by atoms with Gasteiger partial charge in [0, 0.05) is 38.5 Å². The van der Waals surface area contributed by atoms with Gasteiger partial charge in [-0.15, -0.1) is 0 Å². The van der Waals surface area contributed by atoms with Crippen molar-refractivity contribution < 1.29 is 18.9 Å². The van der Waals surface area contributed by atoms with E-state index in [1.54, 1.807) is 0 Å². The first-order chi connectivity index (χ1) is 31.0. The molecule has 1 aromatic heterocycles. The fourth-order valence-electron chi connectivity index (χ4n) is 10.9. The van der Waals surface area contributed by atoms with E-state index in [2.05, 4.69) is 170 Å². The van der Waals surface area contributed by atoms with Gasteiger partial charge in [-0.2, -0.15) is 0 Å². The third-order valence-electron chi connectivity index (χ3n) is 13.5. The molecule has 0 fully saturated rings. The molecule has 4 aliphatic rings. The number of rotatable bonds is 3. The molecule has 0 N–H and O–H groups in total. The van der Waals surface area contributed by atoms with Crippen molar-refractivity contribution in [3.05, 3.63) is 187 Å². The summed E-state index contributed by atoms with van der Waals surface area (Å²) in [5, 5.41) is 2.34. The molecule has 0 aliphatic carbocycles. The van der Waals surface area contributed by atoms with Crippen molar-refractivity contribution in [2.24, 2.45) is 0 Å². The van der Waals surface area contributed by atoms with Gasteiger partial charge in [-0.05, 0) is 143 Å². The first kappa shape index (κ1) is 34.8. The lowest BCUT2D eigenvalue weighted by atomic mass is 9.35. The lowest BCUT2D eigenvalue weighted by molar-refractivity contribution is 0.464. The number of fused-ring (bicyclic) bond motifs is 11. The number of nitrogens with zero attached hydrogens (tertiary/aromatic N) is 1. The molecule has 294 valence electrons. The molecule has 4 aliphatic heterocycles. The van der Waals surface area contributed by atoms with Gasteiger partial charge in [-0.1, -0.05) is 91.0 Å². The number of ether oxygens (including phenoxy) is 4. The molecule has 5 nitrogen and oxygen atoms in total. The van der Waals surface area contributed by atoms with Gasteiger partial charge >= 0.3 is 0 Å². The fourth-order valence-corrected chi connectivity index (χ4v) is 10.9. The van der Waals surface area contributed by atoms with Crippen LogP contribution in [0.15, 0.2) is 176 Å². The Bertz CT molecular complexity index is 3270. The van der Waals surface area contributed by atoms with Crippen LogP contribution in [0.2, 0.25) is 0 Å². The zero-order valence-corrected chi connectivity index (χ0v) is 34.5. The summed E-state index contributed by atoms with van der Waals surface area (Å²) in [5.74, 6) is 6.77. The summed E-state index contributed by atoms with van der Waals surface area (Å²) in [4.78, 5) is 0. The van der Waals surface area contributed by atoms with Crippen molar-refractivity contribution in [2.75, 3.05) is 0 Å². The van der Waals surface area contributed by atoms with E-state index in [-0.39, 0.29) is 13.4 Å². The number of benzene rings is 9. The van der Waals surface area contributed by atoms with Crippen molar-refractivity contribution >= 4 is 68.0 Å². The number of hydrogen-bond acceptors (Lipinski definition) is 4. The van der Waals surface area contributed by atoms with Crippen LogP contribution in [0.25, 0.3) is 49.7 Å². The highest BCUT2D eigenvalue weighted by Crippen LogP contribution is 2.47. The molecule has 0 atom stereocenters. The van der Waals surface area contributed by atoms with E-state index in [0.29, 0.717) is 0 Å². The molecule has 0 bridgehead atoms. The quantitative estimate of drug-likeness (QED) is 0.167. The predicted octanol–water partition coefficient (Wildman–Crippen LogP) is 10.2. The molecule has 0 amide bonds. The van der Waals surface area contributed by atoms with Crippen LogP contribution in [0.1, 0.15) is 11.1 Å². The van der Waals surface area contributed by atoms with Gasteiger partial charge < -0.3 is 23.5 Å². The third-order valence-corrected chi connectivity index (χ3v) is 13.5. The van der Waals surface area contributed by atoms with Crippen LogP contribution in [0.4, 0.5) is 0 Å². The third kappa shape index (κ3) is 4.96. The highest BCUT2D eigenvalue weighted by molar-refractivity contribution is 6.99. The highest BCUT2D eigenvalue weighted by Gasteiger charge is 2.42. The Morgan fingerprint density at radius 1 is 0.349 bits per heavy atom. The Labute approximate surface area is 364 Å². The monoisotopic (exact) mass is 807 g/mol. The van der Waals surface area contributed by atoms with Gasteiger partial charge in [0.05, 0.1) is 11.0 Å². The number of aryl methyl sites for hydroxylation is 2. The molecular weight excluding hydrogens is 772 g/mol. The second-order valence-electron chi connectivity index (χ2n) is 17.3. The lowest BCUT2D eigenvalue weighted by Crippen LogP contribution is -2.57. The maximum Gasteiger partial charge on any atom is 0.260 e. The van der Waals surface area contributed by atoms with Crippen molar-refractivity contribution in [2.45, 2.75) is 13.8 Å². The molecule has 0 saturated carbocycles. The second-order valence-corrected chi connectivity index (χ2v) is 17.3. The summed E-state index contributed by atoms with van der Waals surface area (Å²) in [6, 6.07) is 62.5. The summed E-state index contributed by atoms with van der Waals surface area (Å²) in [5.41, 5.74) is 16.6. The topological polar surface area (TPSA) is 41.9 Å². The molecule has 63 heavy (non-hydrogen) atoms. The van der Waals surface area contributed by atoms with E-state index in [1.807, 2.05) is 24.3 Å². The molecule has 10 aromatic rings. The van der Waals surface area contributed by atoms with Crippen LogP contribution in [0.3, 0.4) is 0 Å². The summed E-state index contributed by atoms with van der Waals surface area (Å²) >= 11 is 0. The molecule has 0 radical (unpaired) electrons. The molecule has 0 saturated heterocycles. The molecule has 0 spiro atoms. The zero-order valence-electron chi connectivity index (χ0n) is 34.5. The summed E-state index contributed by atoms with van der Waals surface area (Å²) in [6.07, 6.45) is 0. The van der Waals surface area contributed by atoms with Crippen LogP contribution in [0.5, 0.6) is 46.0 Å². The van der Waals surface area contributed by atoms with E-state index in [4.69, 9.17) is 18.9 Å². The van der Waals surface area contributed by atoms with Gasteiger partial charge in [0.1, 0.15) is 46.0 Å². The largest absolute Gasteiger partial charge is 0.458 e. The molecule has 14 rings (SSSR count). The van der Waals surface area contributed by atoms with Crippen molar-refractivity contribution in [1.82, 2.24) is 4.57 Å². The summed E-state index contributed by atoms with van der Waals surface area (Å²) in [6.45, 7) is 4.39. The maximum absolute atomic E-state index is 6.82. The van der Waals surface area contributed by atoms with Crippen LogP contribution in [-0.4, -0.2) is 18.0 Å². The zero-order chi connectivity index (χ0) is 41.5. The molecule has 9 aromatic carbocycles. The first-order valence-electron chi connectivity index (χ1n) is 21.6. The minimum atomic E-state index is 0.00447. The van der Waals surface area contributed by atoms with E-state index >= 15 is 0 Å². The Morgan fingerprint density at radius 2 is 0.683 bits per heavy atom. The van der Waals surface area contributed by atoms with Crippen molar-refractivity contribution in [3.63, 3.8) is 0 Å². The fraction of sp³-hybridized carbons (Fsp3) is 0.0357. The van der Waals surface area contributed by atoms with Crippen LogP contribution in [0, 0.1) is 13.8 Å². The van der Waals surface area contributed by atoms with Gasteiger partial charge in [0.25, 0.3) is 13.4 Å². The minimum Gasteiger partial charge on any atom is -0.458 e. The van der Waals surface area contributed by atoms with E-state index in [1.165, 1.54) is 10.8 Å². The average Bonchev–Trinajstić information content (AvgIpc) is 3.64. The second kappa shape index (κ2) is 12.8. The Balaban J connectivity index is 1.04. The Hall–Kier alpha value is -7.89. The van der Waals surface area contributed by atoms with Crippen LogP contribution in [-0.2, 0) is 0 Å². The molecule has 5 heterocycles. The maximum atomic E-state index is 6.82. The van der Waals surface area contributed by atoms with Gasteiger partial charge in [0.2, 0.25) is 0 Å². The first-order valence-corrected chi connectivity index (χ1v) is 21.6. The van der Waals surface area contributed by atoms with Gasteiger partial charge in [-0.25, -0.2) is 0 Å². The van der Waals surface area contributed by atoms with E-state index in [9.17, 15) is 0 Å². The van der Waals surface area contributed by atoms with E-state index in [0.717, 1.165) is 129 Å². The molecule has 0 unspecified atom stereocenters.